The molecule has 1 atom stereocenters. The van der Waals surface area contributed by atoms with E-state index in [1.54, 1.807) is 0 Å². The van der Waals surface area contributed by atoms with Crippen LogP contribution in [0.15, 0.2) is 18.2 Å². The summed E-state index contributed by atoms with van der Waals surface area (Å²) in [6.45, 7) is 3.27. The lowest BCUT2D eigenvalue weighted by Gasteiger charge is -2.21. The van der Waals surface area contributed by atoms with E-state index in [4.69, 9.17) is 23.2 Å². The summed E-state index contributed by atoms with van der Waals surface area (Å²) >= 11 is 14.5. The van der Waals surface area contributed by atoms with Crippen LogP contribution in [0.5, 0.6) is 0 Å². The molecule has 0 amide bonds. The Morgan fingerprint density at radius 1 is 1.29 bits per heavy atom. The highest BCUT2D eigenvalue weighted by atomic mass is 35.5. The average molecular weight is 346 g/mol. The van der Waals surface area contributed by atoms with E-state index < -0.39 is 0 Å². The summed E-state index contributed by atoms with van der Waals surface area (Å²) in [5.41, 5.74) is 1.16. The van der Waals surface area contributed by atoms with Crippen molar-refractivity contribution in [1.82, 2.24) is 5.32 Å². The zero-order valence-corrected chi connectivity index (χ0v) is 15.0. The first kappa shape index (κ1) is 17.5. The molecule has 1 fully saturated rings. The van der Waals surface area contributed by atoms with E-state index >= 15 is 0 Å². The number of benzene rings is 1. The molecule has 1 aromatic carbocycles. The molecule has 0 spiro atoms. The number of thioether (sulfide) groups is 1. The smallest absolute Gasteiger partial charge is 0.0439 e. The number of hydrogen-bond acceptors (Lipinski definition) is 2. The molecule has 0 saturated heterocycles. The van der Waals surface area contributed by atoms with Crippen molar-refractivity contribution >= 4 is 35.0 Å². The van der Waals surface area contributed by atoms with Crippen molar-refractivity contribution in [3.8, 4) is 0 Å². The van der Waals surface area contributed by atoms with Gasteiger partial charge >= 0.3 is 0 Å². The molecular formula is C17H25Cl2NS. The van der Waals surface area contributed by atoms with Crippen molar-refractivity contribution in [2.45, 2.75) is 56.7 Å². The highest BCUT2D eigenvalue weighted by Crippen LogP contribution is 2.30. The molecule has 0 bridgehead atoms. The summed E-state index contributed by atoms with van der Waals surface area (Å²) in [7, 11) is 0. The van der Waals surface area contributed by atoms with Crippen LogP contribution in [-0.4, -0.2) is 23.6 Å². The molecule has 21 heavy (non-hydrogen) atoms. The van der Waals surface area contributed by atoms with Gasteiger partial charge in [0.25, 0.3) is 0 Å². The number of hydrogen-bond donors (Lipinski definition) is 1. The Labute approximate surface area is 143 Å². The maximum atomic E-state index is 6.31. The molecule has 1 aromatic rings. The quantitative estimate of drug-likeness (QED) is 0.659. The third-order valence-corrected chi connectivity index (χ3v) is 6.13. The zero-order chi connectivity index (χ0) is 15.1. The molecule has 1 N–H and O–H groups in total. The fourth-order valence-corrected chi connectivity index (χ4v) is 4.61. The molecule has 1 aliphatic carbocycles. The molecule has 1 nitrogen and oxygen atoms in total. The standard InChI is InChI=1S/C17H25Cl2NS/c1-2-9-20-15(12-21-16-5-3-4-6-16)11-13-10-14(18)7-8-17(13)19/h7-8,10,15-16,20H,2-6,9,11-12H2,1H3. The molecule has 0 heterocycles. The van der Waals surface area contributed by atoms with Crippen LogP contribution in [0.1, 0.15) is 44.6 Å². The van der Waals surface area contributed by atoms with Crippen molar-refractivity contribution in [2.24, 2.45) is 0 Å². The highest BCUT2D eigenvalue weighted by molar-refractivity contribution is 7.99. The summed E-state index contributed by atoms with van der Waals surface area (Å²) in [4.78, 5) is 0. The Balaban J connectivity index is 1.92. The first-order valence-corrected chi connectivity index (χ1v) is 9.78. The highest BCUT2D eigenvalue weighted by Gasteiger charge is 2.18. The fraction of sp³-hybridized carbons (Fsp3) is 0.647. The van der Waals surface area contributed by atoms with E-state index in [0.717, 1.165) is 46.0 Å². The van der Waals surface area contributed by atoms with Crippen LogP contribution >= 0.6 is 35.0 Å². The molecule has 1 saturated carbocycles. The SMILES string of the molecule is CCCNC(CSC1CCCC1)Cc1cc(Cl)ccc1Cl. The predicted octanol–water partition coefficient (Wildman–Crippen LogP) is 5.58. The van der Waals surface area contributed by atoms with E-state index in [1.807, 2.05) is 18.2 Å². The lowest BCUT2D eigenvalue weighted by molar-refractivity contribution is 0.549. The Morgan fingerprint density at radius 3 is 2.76 bits per heavy atom. The lowest BCUT2D eigenvalue weighted by atomic mass is 10.1. The number of halogens is 2. The molecule has 2 rings (SSSR count). The Bertz CT molecular complexity index is 433. The second-order valence-electron chi connectivity index (χ2n) is 5.83. The van der Waals surface area contributed by atoms with Crippen LogP contribution in [0, 0.1) is 0 Å². The van der Waals surface area contributed by atoms with Crippen LogP contribution in [0.25, 0.3) is 0 Å². The third kappa shape index (κ3) is 6.02. The summed E-state index contributed by atoms with van der Waals surface area (Å²) in [5.74, 6) is 1.16. The van der Waals surface area contributed by atoms with Gasteiger partial charge in [-0.2, -0.15) is 11.8 Å². The van der Waals surface area contributed by atoms with E-state index in [2.05, 4.69) is 24.0 Å². The third-order valence-electron chi connectivity index (χ3n) is 3.99. The van der Waals surface area contributed by atoms with Gasteiger partial charge < -0.3 is 5.32 Å². The second-order valence-corrected chi connectivity index (χ2v) is 8.01. The van der Waals surface area contributed by atoms with Crippen LogP contribution in [0.2, 0.25) is 10.0 Å². The zero-order valence-electron chi connectivity index (χ0n) is 12.7. The van der Waals surface area contributed by atoms with Crippen LogP contribution in [0.4, 0.5) is 0 Å². The molecule has 4 heteroatoms. The van der Waals surface area contributed by atoms with Crippen LogP contribution in [-0.2, 0) is 6.42 Å². The van der Waals surface area contributed by atoms with Crippen molar-refractivity contribution in [3.63, 3.8) is 0 Å². The van der Waals surface area contributed by atoms with Crippen molar-refractivity contribution in [2.75, 3.05) is 12.3 Å². The maximum Gasteiger partial charge on any atom is 0.0439 e. The summed E-state index contributed by atoms with van der Waals surface area (Å²) in [5, 5.41) is 6.13. The largest absolute Gasteiger partial charge is 0.313 e. The van der Waals surface area contributed by atoms with Gasteiger partial charge in [-0.15, -0.1) is 0 Å². The lowest BCUT2D eigenvalue weighted by Crippen LogP contribution is -2.34. The molecule has 0 aliphatic heterocycles. The van der Waals surface area contributed by atoms with Gasteiger partial charge in [0.05, 0.1) is 0 Å². The van der Waals surface area contributed by atoms with Gasteiger partial charge in [-0.25, -0.2) is 0 Å². The topological polar surface area (TPSA) is 12.0 Å². The molecule has 1 unspecified atom stereocenters. The Kier molecular flexibility index (Phi) is 7.73. The van der Waals surface area contributed by atoms with E-state index in [9.17, 15) is 0 Å². The molecule has 1 aliphatic rings. The van der Waals surface area contributed by atoms with Crippen molar-refractivity contribution in [1.29, 1.82) is 0 Å². The molecular weight excluding hydrogens is 321 g/mol. The minimum absolute atomic E-state index is 0.478. The fourth-order valence-electron chi connectivity index (χ4n) is 2.81. The molecule has 118 valence electrons. The Morgan fingerprint density at radius 2 is 2.05 bits per heavy atom. The summed E-state index contributed by atoms with van der Waals surface area (Å²) in [6, 6.07) is 6.24. The first-order valence-electron chi connectivity index (χ1n) is 7.98. The van der Waals surface area contributed by atoms with Gasteiger partial charge in [0.1, 0.15) is 0 Å². The number of rotatable bonds is 8. The first-order chi connectivity index (χ1) is 10.2. The molecule has 0 radical (unpaired) electrons. The van der Waals surface area contributed by atoms with Gasteiger partial charge in [-0.05, 0) is 56.0 Å². The van der Waals surface area contributed by atoms with Crippen molar-refractivity contribution in [3.05, 3.63) is 33.8 Å². The van der Waals surface area contributed by atoms with Gasteiger partial charge in [-0.3, -0.25) is 0 Å². The van der Waals surface area contributed by atoms with Crippen LogP contribution < -0.4 is 5.32 Å². The summed E-state index contributed by atoms with van der Waals surface area (Å²) in [6.07, 6.45) is 7.72. The minimum Gasteiger partial charge on any atom is -0.313 e. The molecule has 0 aromatic heterocycles. The average Bonchev–Trinajstić information content (AvgIpc) is 2.99. The van der Waals surface area contributed by atoms with Gasteiger partial charge in [0.15, 0.2) is 0 Å². The monoisotopic (exact) mass is 345 g/mol. The minimum atomic E-state index is 0.478. The Hall–Kier alpha value is 0.110. The summed E-state index contributed by atoms with van der Waals surface area (Å²) < 4.78 is 0. The normalized spacial score (nSPS) is 17.3. The number of nitrogens with one attached hydrogen (secondary N) is 1. The van der Waals surface area contributed by atoms with Gasteiger partial charge in [0, 0.05) is 27.1 Å². The predicted molar refractivity (Wildman–Crippen MR) is 97.0 cm³/mol. The second kappa shape index (κ2) is 9.29. The van der Waals surface area contributed by atoms with Crippen LogP contribution in [0.3, 0.4) is 0 Å². The van der Waals surface area contributed by atoms with Gasteiger partial charge in [0.2, 0.25) is 0 Å². The van der Waals surface area contributed by atoms with E-state index in [0.29, 0.717) is 6.04 Å². The van der Waals surface area contributed by atoms with Crippen molar-refractivity contribution < 1.29 is 0 Å². The maximum absolute atomic E-state index is 6.31. The van der Waals surface area contributed by atoms with E-state index in [1.165, 1.54) is 25.7 Å². The van der Waals surface area contributed by atoms with E-state index in [-0.39, 0.29) is 0 Å². The van der Waals surface area contributed by atoms with Gasteiger partial charge in [-0.1, -0.05) is 43.0 Å².